The normalized spacial score (nSPS) is 14.2. The average molecular weight is 469 g/mol. The second-order valence-corrected chi connectivity index (χ2v) is 8.89. The van der Waals surface area contributed by atoms with Gasteiger partial charge in [-0.1, -0.05) is 35.5 Å². The van der Waals surface area contributed by atoms with Crippen LogP contribution in [0.4, 0.5) is 5.95 Å². The highest BCUT2D eigenvalue weighted by atomic mass is 35.5. The van der Waals surface area contributed by atoms with Crippen LogP contribution in [0.3, 0.4) is 0 Å². The van der Waals surface area contributed by atoms with Crippen molar-refractivity contribution in [3.05, 3.63) is 75.3 Å². The maximum absolute atomic E-state index is 12.5. The highest BCUT2D eigenvalue weighted by molar-refractivity contribution is 7.98. The van der Waals surface area contributed by atoms with Gasteiger partial charge in [0.1, 0.15) is 5.65 Å². The summed E-state index contributed by atoms with van der Waals surface area (Å²) in [6, 6.07) is 13.3. The number of benzene rings is 1. The van der Waals surface area contributed by atoms with Crippen LogP contribution in [0.15, 0.2) is 58.6 Å². The minimum atomic E-state index is -0.165. The second-order valence-electron chi connectivity index (χ2n) is 7.51. The molecule has 0 amide bonds. The van der Waals surface area contributed by atoms with Gasteiger partial charge in [0.05, 0.1) is 29.6 Å². The van der Waals surface area contributed by atoms with E-state index in [1.54, 1.807) is 18.3 Å². The number of morpholine rings is 1. The number of hydrogen-bond donors (Lipinski definition) is 0. The fourth-order valence-corrected chi connectivity index (χ4v) is 4.66. The first-order valence-electron chi connectivity index (χ1n) is 10.2. The van der Waals surface area contributed by atoms with Crippen molar-refractivity contribution in [3.8, 4) is 5.69 Å². The average Bonchev–Trinajstić information content (AvgIpc) is 3.23. The number of anilines is 1. The van der Waals surface area contributed by atoms with E-state index in [-0.39, 0.29) is 5.56 Å². The van der Waals surface area contributed by atoms with E-state index >= 15 is 0 Å². The highest BCUT2D eigenvalue weighted by Gasteiger charge is 2.22. The standard InChI is InChI=1S/C22H21ClN6O2S/c1-15-3-2-4-18(11-15)29-21(27-7-9-31-10-8-27)25-26-22(29)32-14-17-12-20(30)28-13-16(23)5-6-19(28)24-17/h2-6,11-13H,7-10,14H2,1H3. The molecule has 0 aliphatic carbocycles. The first-order valence-corrected chi connectivity index (χ1v) is 11.6. The van der Waals surface area contributed by atoms with E-state index in [9.17, 15) is 4.79 Å². The summed E-state index contributed by atoms with van der Waals surface area (Å²) >= 11 is 7.50. The number of aromatic nitrogens is 5. The zero-order valence-electron chi connectivity index (χ0n) is 17.4. The monoisotopic (exact) mass is 468 g/mol. The third kappa shape index (κ3) is 4.23. The van der Waals surface area contributed by atoms with Crippen LogP contribution in [0.25, 0.3) is 11.3 Å². The molecule has 32 heavy (non-hydrogen) atoms. The lowest BCUT2D eigenvalue weighted by Gasteiger charge is -2.28. The molecule has 0 radical (unpaired) electrons. The Balaban J connectivity index is 1.48. The van der Waals surface area contributed by atoms with Crippen LogP contribution in [-0.4, -0.2) is 50.5 Å². The molecule has 10 heteroatoms. The molecular formula is C22H21ClN6O2S. The third-order valence-electron chi connectivity index (χ3n) is 5.20. The molecule has 3 aromatic heterocycles. The second kappa shape index (κ2) is 8.93. The Labute approximate surface area is 193 Å². The number of aryl methyl sites for hydroxylation is 1. The molecule has 4 heterocycles. The Kier molecular flexibility index (Phi) is 5.86. The Hall–Kier alpha value is -2.88. The van der Waals surface area contributed by atoms with Crippen LogP contribution < -0.4 is 10.5 Å². The Morgan fingerprint density at radius 2 is 1.97 bits per heavy atom. The molecule has 1 fully saturated rings. The van der Waals surface area contributed by atoms with Crippen LogP contribution in [0.2, 0.25) is 5.02 Å². The van der Waals surface area contributed by atoms with Crippen molar-refractivity contribution in [2.75, 3.05) is 31.2 Å². The largest absolute Gasteiger partial charge is 0.378 e. The van der Waals surface area contributed by atoms with Crippen molar-refractivity contribution in [3.63, 3.8) is 0 Å². The van der Waals surface area contributed by atoms with Gasteiger partial charge >= 0.3 is 0 Å². The smallest absolute Gasteiger partial charge is 0.258 e. The molecule has 0 atom stereocenters. The first-order chi connectivity index (χ1) is 15.6. The quantitative estimate of drug-likeness (QED) is 0.415. The molecule has 4 aromatic rings. The molecule has 5 rings (SSSR count). The van der Waals surface area contributed by atoms with E-state index in [0.717, 1.165) is 35.4 Å². The van der Waals surface area contributed by atoms with E-state index in [2.05, 4.69) is 49.8 Å². The van der Waals surface area contributed by atoms with Gasteiger partial charge in [0, 0.05) is 31.1 Å². The summed E-state index contributed by atoms with van der Waals surface area (Å²) in [6.45, 7) is 4.92. The first kappa shape index (κ1) is 21.0. The predicted molar refractivity (Wildman–Crippen MR) is 125 cm³/mol. The number of rotatable bonds is 5. The summed E-state index contributed by atoms with van der Waals surface area (Å²) < 4.78 is 9.01. The molecule has 1 saturated heterocycles. The SMILES string of the molecule is Cc1cccc(-n2c(SCc3cc(=O)n4cc(Cl)ccc4n3)nnc2N2CCOCC2)c1. The molecule has 0 N–H and O–H groups in total. The number of ether oxygens (including phenoxy) is 1. The molecule has 0 bridgehead atoms. The lowest BCUT2D eigenvalue weighted by atomic mass is 10.2. The van der Waals surface area contributed by atoms with E-state index in [1.165, 1.54) is 22.2 Å². The Bertz CT molecular complexity index is 1330. The van der Waals surface area contributed by atoms with Gasteiger partial charge < -0.3 is 9.64 Å². The van der Waals surface area contributed by atoms with Crippen molar-refractivity contribution in [1.82, 2.24) is 24.1 Å². The van der Waals surface area contributed by atoms with Crippen molar-refractivity contribution in [1.29, 1.82) is 0 Å². The summed E-state index contributed by atoms with van der Waals surface area (Å²) in [5, 5.41) is 10.2. The lowest BCUT2D eigenvalue weighted by Crippen LogP contribution is -2.37. The van der Waals surface area contributed by atoms with E-state index < -0.39 is 0 Å². The Morgan fingerprint density at radius 1 is 1.12 bits per heavy atom. The van der Waals surface area contributed by atoms with Crippen LogP contribution in [0.1, 0.15) is 11.3 Å². The zero-order chi connectivity index (χ0) is 22.1. The molecule has 0 unspecified atom stereocenters. The number of pyridine rings is 1. The van der Waals surface area contributed by atoms with Crippen LogP contribution in [-0.2, 0) is 10.5 Å². The van der Waals surface area contributed by atoms with Crippen LogP contribution in [0, 0.1) is 6.92 Å². The van der Waals surface area contributed by atoms with Crippen LogP contribution in [0.5, 0.6) is 0 Å². The van der Waals surface area contributed by atoms with Gasteiger partial charge in [0.25, 0.3) is 5.56 Å². The molecular weight excluding hydrogens is 448 g/mol. The minimum Gasteiger partial charge on any atom is -0.378 e. The van der Waals surface area contributed by atoms with Crippen LogP contribution >= 0.6 is 23.4 Å². The summed E-state index contributed by atoms with van der Waals surface area (Å²) in [6.07, 6.45) is 1.58. The van der Waals surface area contributed by atoms with Gasteiger partial charge in [0.2, 0.25) is 5.95 Å². The van der Waals surface area contributed by atoms with Crippen molar-refractivity contribution in [2.24, 2.45) is 0 Å². The highest BCUT2D eigenvalue weighted by Crippen LogP contribution is 2.29. The molecule has 1 aliphatic rings. The summed E-state index contributed by atoms with van der Waals surface area (Å²) in [4.78, 5) is 19.3. The summed E-state index contributed by atoms with van der Waals surface area (Å²) in [5.41, 5.74) is 3.23. The van der Waals surface area contributed by atoms with Crippen molar-refractivity contribution < 1.29 is 4.74 Å². The lowest BCUT2D eigenvalue weighted by molar-refractivity contribution is 0.122. The molecule has 1 aliphatic heterocycles. The molecule has 0 spiro atoms. The van der Waals surface area contributed by atoms with Gasteiger partial charge in [-0.3, -0.25) is 13.8 Å². The molecule has 164 valence electrons. The minimum absolute atomic E-state index is 0.165. The maximum Gasteiger partial charge on any atom is 0.258 e. The molecule has 0 saturated carbocycles. The van der Waals surface area contributed by atoms with Gasteiger partial charge in [-0.15, -0.1) is 10.2 Å². The third-order valence-corrected chi connectivity index (χ3v) is 6.38. The van der Waals surface area contributed by atoms with E-state index in [0.29, 0.717) is 35.3 Å². The van der Waals surface area contributed by atoms with Gasteiger partial charge in [-0.25, -0.2) is 4.98 Å². The zero-order valence-corrected chi connectivity index (χ0v) is 19.0. The topological polar surface area (TPSA) is 77.5 Å². The fraction of sp³-hybridized carbons (Fsp3) is 0.273. The summed E-state index contributed by atoms with van der Waals surface area (Å²) in [5.74, 6) is 1.28. The van der Waals surface area contributed by atoms with Crippen molar-refractivity contribution >= 4 is 35.0 Å². The number of hydrogen-bond acceptors (Lipinski definition) is 7. The summed E-state index contributed by atoms with van der Waals surface area (Å²) in [7, 11) is 0. The van der Waals surface area contributed by atoms with Gasteiger partial charge in [-0.2, -0.15) is 0 Å². The number of fused-ring (bicyclic) bond motifs is 1. The van der Waals surface area contributed by atoms with Gasteiger partial charge in [-0.05, 0) is 36.8 Å². The molecule has 1 aromatic carbocycles. The maximum atomic E-state index is 12.5. The number of thioether (sulfide) groups is 1. The Morgan fingerprint density at radius 3 is 2.78 bits per heavy atom. The number of halogens is 1. The molecule has 8 nitrogen and oxygen atoms in total. The predicted octanol–water partition coefficient (Wildman–Crippen LogP) is 3.37. The van der Waals surface area contributed by atoms with E-state index in [4.69, 9.17) is 16.3 Å². The number of nitrogens with zero attached hydrogens (tertiary/aromatic N) is 6. The van der Waals surface area contributed by atoms with Crippen molar-refractivity contribution in [2.45, 2.75) is 17.8 Å². The fourth-order valence-electron chi connectivity index (χ4n) is 3.66. The van der Waals surface area contributed by atoms with Gasteiger partial charge in [0.15, 0.2) is 5.16 Å². The van der Waals surface area contributed by atoms with E-state index in [1.807, 2.05) is 6.07 Å².